The van der Waals surface area contributed by atoms with E-state index in [0.717, 1.165) is 38.5 Å². The van der Waals surface area contributed by atoms with Crippen molar-refractivity contribution in [2.75, 3.05) is 24.5 Å². The average molecular weight is 236 g/mol. The summed E-state index contributed by atoms with van der Waals surface area (Å²) in [5.74, 6) is 1.14. The molecule has 1 aliphatic rings. The normalized spacial score (nSPS) is 20.5. The van der Waals surface area contributed by atoms with Crippen molar-refractivity contribution in [3.63, 3.8) is 0 Å². The van der Waals surface area contributed by atoms with Crippen LogP contribution in [-0.2, 0) is 6.54 Å². The summed E-state index contributed by atoms with van der Waals surface area (Å²) in [6.45, 7) is 8.78. The van der Waals surface area contributed by atoms with Crippen molar-refractivity contribution in [3.05, 3.63) is 12.4 Å². The molecule has 1 saturated heterocycles. The monoisotopic (exact) mass is 236 g/mol. The van der Waals surface area contributed by atoms with Crippen LogP contribution in [0.4, 0.5) is 5.95 Å². The van der Waals surface area contributed by atoms with Gasteiger partial charge in [0.1, 0.15) is 0 Å². The number of piperidine rings is 1. The fourth-order valence-corrected chi connectivity index (χ4v) is 2.64. The molecule has 1 aromatic rings. The standard InChI is InChI=1S/C13H24N4/c1-3-9-16-10-8-15-13(16)17(4-2)12-6-5-7-14-11-12/h8,10,12,14H,3-7,9,11H2,1-2H3. The van der Waals surface area contributed by atoms with Crippen molar-refractivity contribution in [1.82, 2.24) is 14.9 Å². The van der Waals surface area contributed by atoms with Gasteiger partial charge in [-0.2, -0.15) is 0 Å². The van der Waals surface area contributed by atoms with E-state index >= 15 is 0 Å². The van der Waals surface area contributed by atoms with Crippen LogP contribution < -0.4 is 10.2 Å². The molecule has 0 spiro atoms. The van der Waals surface area contributed by atoms with Crippen LogP contribution in [0.25, 0.3) is 0 Å². The van der Waals surface area contributed by atoms with Gasteiger partial charge in [0.05, 0.1) is 0 Å². The molecule has 17 heavy (non-hydrogen) atoms. The van der Waals surface area contributed by atoms with Crippen LogP contribution in [0.5, 0.6) is 0 Å². The molecule has 1 aromatic heterocycles. The van der Waals surface area contributed by atoms with Crippen molar-refractivity contribution in [3.8, 4) is 0 Å². The summed E-state index contributed by atoms with van der Waals surface area (Å²) in [6, 6.07) is 0.603. The summed E-state index contributed by atoms with van der Waals surface area (Å²) < 4.78 is 2.28. The van der Waals surface area contributed by atoms with Gasteiger partial charge in [-0.1, -0.05) is 6.92 Å². The van der Waals surface area contributed by atoms with E-state index in [1.807, 2.05) is 6.20 Å². The number of anilines is 1. The summed E-state index contributed by atoms with van der Waals surface area (Å²) in [5.41, 5.74) is 0. The minimum absolute atomic E-state index is 0.603. The van der Waals surface area contributed by atoms with Gasteiger partial charge < -0.3 is 14.8 Å². The van der Waals surface area contributed by atoms with Gasteiger partial charge in [0.25, 0.3) is 0 Å². The molecule has 0 amide bonds. The average Bonchev–Trinajstić information content (AvgIpc) is 2.81. The zero-order valence-electron chi connectivity index (χ0n) is 11.0. The maximum atomic E-state index is 4.54. The molecule has 96 valence electrons. The number of aromatic nitrogens is 2. The van der Waals surface area contributed by atoms with Gasteiger partial charge in [-0.25, -0.2) is 4.98 Å². The minimum Gasteiger partial charge on any atom is -0.338 e. The second-order valence-electron chi connectivity index (χ2n) is 4.71. The summed E-state index contributed by atoms with van der Waals surface area (Å²) in [5, 5.41) is 3.48. The first-order chi connectivity index (χ1) is 8.36. The molecular weight excluding hydrogens is 212 g/mol. The third-order valence-electron chi connectivity index (χ3n) is 3.47. The Morgan fingerprint density at radius 1 is 1.53 bits per heavy atom. The van der Waals surface area contributed by atoms with Crippen molar-refractivity contribution >= 4 is 5.95 Å². The van der Waals surface area contributed by atoms with Crippen LogP contribution in [0.2, 0.25) is 0 Å². The van der Waals surface area contributed by atoms with Crippen LogP contribution in [0.15, 0.2) is 12.4 Å². The number of hydrogen-bond acceptors (Lipinski definition) is 3. The van der Waals surface area contributed by atoms with Gasteiger partial charge >= 0.3 is 0 Å². The second-order valence-corrected chi connectivity index (χ2v) is 4.71. The lowest BCUT2D eigenvalue weighted by molar-refractivity contribution is 0.427. The fourth-order valence-electron chi connectivity index (χ4n) is 2.64. The van der Waals surface area contributed by atoms with E-state index in [2.05, 4.69) is 39.8 Å². The van der Waals surface area contributed by atoms with E-state index in [1.165, 1.54) is 12.8 Å². The molecule has 0 radical (unpaired) electrons. The van der Waals surface area contributed by atoms with Gasteiger partial charge in [-0.05, 0) is 32.7 Å². The molecule has 1 atom stereocenters. The number of hydrogen-bond donors (Lipinski definition) is 1. The Balaban J connectivity index is 2.12. The molecule has 1 unspecified atom stereocenters. The molecule has 0 aromatic carbocycles. The Morgan fingerprint density at radius 3 is 3.06 bits per heavy atom. The number of likely N-dealkylation sites (N-methyl/N-ethyl adjacent to an activating group) is 1. The molecule has 0 aliphatic carbocycles. The van der Waals surface area contributed by atoms with E-state index in [9.17, 15) is 0 Å². The Kier molecular flexibility index (Phi) is 4.42. The molecule has 2 heterocycles. The van der Waals surface area contributed by atoms with Crippen LogP contribution in [0, 0.1) is 0 Å². The lowest BCUT2D eigenvalue weighted by atomic mass is 10.1. The molecule has 4 nitrogen and oxygen atoms in total. The van der Waals surface area contributed by atoms with E-state index in [0.29, 0.717) is 6.04 Å². The van der Waals surface area contributed by atoms with E-state index in [4.69, 9.17) is 0 Å². The molecule has 0 bridgehead atoms. The molecule has 4 heteroatoms. The SMILES string of the molecule is CCCn1ccnc1N(CC)C1CCCNC1. The van der Waals surface area contributed by atoms with Crippen LogP contribution in [0.3, 0.4) is 0 Å². The second kappa shape index (κ2) is 6.05. The van der Waals surface area contributed by atoms with Gasteiger partial charge in [0.15, 0.2) is 0 Å². The first kappa shape index (κ1) is 12.4. The highest BCUT2D eigenvalue weighted by Gasteiger charge is 2.22. The van der Waals surface area contributed by atoms with Gasteiger partial charge in [-0.15, -0.1) is 0 Å². The van der Waals surface area contributed by atoms with Crippen molar-refractivity contribution in [2.45, 2.75) is 45.7 Å². The minimum atomic E-state index is 0.603. The predicted molar refractivity (Wildman–Crippen MR) is 71.4 cm³/mol. The molecular formula is C13H24N4. The van der Waals surface area contributed by atoms with Crippen LogP contribution in [0.1, 0.15) is 33.1 Å². The van der Waals surface area contributed by atoms with Crippen molar-refractivity contribution in [1.29, 1.82) is 0 Å². The zero-order valence-corrected chi connectivity index (χ0v) is 11.0. The first-order valence-electron chi connectivity index (χ1n) is 6.85. The number of rotatable bonds is 5. The smallest absolute Gasteiger partial charge is 0.205 e. The highest BCUT2D eigenvalue weighted by Crippen LogP contribution is 2.19. The largest absolute Gasteiger partial charge is 0.338 e. The summed E-state index contributed by atoms with van der Waals surface area (Å²) in [4.78, 5) is 6.99. The number of imidazole rings is 1. The highest BCUT2D eigenvalue weighted by molar-refractivity contribution is 5.33. The summed E-state index contributed by atoms with van der Waals surface area (Å²) in [7, 11) is 0. The van der Waals surface area contributed by atoms with Gasteiger partial charge in [-0.3, -0.25) is 0 Å². The van der Waals surface area contributed by atoms with Crippen molar-refractivity contribution in [2.24, 2.45) is 0 Å². The maximum absolute atomic E-state index is 4.54. The van der Waals surface area contributed by atoms with Crippen LogP contribution in [-0.4, -0.2) is 35.2 Å². The predicted octanol–water partition coefficient (Wildman–Crippen LogP) is 1.87. The van der Waals surface area contributed by atoms with E-state index in [1.54, 1.807) is 0 Å². The number of aryl methyl sites for hydroxylation is 1. The Labute approximate surface area is 104 Å². The van der Waals surface area contributed by atoms with Crippen LogP contribution >= 0.6 is 0 Å². The lowest BCUT2D eigenvalue weighted by Crippen LogP contribution is -2.47. The Hall–Kier alpha value is -1.03. The molecule has 1 aliphatic heterocycles. The van der Waals surface area contributed by atoms with Gasteiger partial charge in [0.2, 0.25) is 5.95 Å². The summed E-state index contributed by atoms with van der Waals surface area (Å²) >= 11 is 0. The van der Waals surface area contributed by atoms with E-state index in [-0.39, 0.29) is 0 Å². The third-order valence-corrected chi connectivity index (χ3v) is 3.47. The first-order valence-corrected chi connectivity index (χ1v) is 6.85. The maximum Gasteiger partial charge on any atom is 0.205 e. The lowest BCUT2D eigenvalue weighted by Gasteiger charge is -2.35. The zero-order chi connectivity index (χ0) is 12.1. The Bertz CT molecular complexity index is 328. The third kappa shape index (κ3) is 2.80. The molecule has 1 fully saturated rings. The van der Waals surface area contributed by atoms with Gasteiger partial charge in [0, 0.05) is 38.1 Å². The van der Waals surface area contributed by atoms with Crippen molar-refractivity contribution < 1.29 is 0 Å². The summed E-state index contributed by atoms with van der Waals surface area (Å²) in [6.07, 6.45) is 7.72. The number of nitrogens with one attached hydrogen (secondary N) is 1. The number of nitrogens with zero attached hydrogens (tertiary/aromatic N) is 3. The Morgan fingerprint density at radius 2 is 2.41 bits per heavy atom. The molecule has 0 saturated carbocycles. The highest BCUT2D eigenvalue weighted by atomic mass is 15.3. The van der Waals surface area contributed by atoms with E-state index < -0.39 is 0 Å². The fraction of sp³-hybridized carbons (Fsp3) is 0.769. The quantitative estimate of drug-likeness (QED) is 0.847. The molecule has 2 rings (SSSR count). The topological polar surface area (TPSA) is 33.1 Å². The molecule has 1 N–H and O–H groups in total.